The van der Waals surface area contributed by atoms with E-state index in [0.717, 1.165) is 19.5 Å². The number of likely N-dealkylation sites (tertiary alicyclic amines) is 1. The second-order valence-electron chi connectivity index (χ2n) is 6.25. The molecule has 5 heteroatoms. The van der Waals surface area contributed by atoms with E-state index in [0.29, 0.717) is 6.04 Å². The number of piperidine rings is 1. The van der Waals surface area contributed by atoms with Crippen molar-refractivity contribution in [2.75, 3.05) is 27.2 Å². The third-order valence-corrected chi connectivity index (χ3v) is 3.36. The highest BCUT2D eigenvalue weighted by Crippen LogP contribution is 2.28. The summed E-state index contributed by atoms with van der Waals surface area (Å²) >= 11 is 0. The van der Waals surface area contributed by atoms with Crippen LogP contribution in [0.5, 0.6) is 0 Å². The molecule has 0 bridgehead atoms. The van der Waals surface area contributed by atoms with Crippen LogP contribution in [0.25, 0.3) is 0 Å². The van der Waals surface area contributed by atoms with Crippen molar-refractivity contribution in [3.05, 3.63) is 0 Å². The van der Waals surface area contributed by atoms with Crippen LogP contribution in [-0.4, -0.2) is 62.4 Å². The van der Waals surface area contributed by atoms with Crippen molar-refractivity contribution in [3.63, 3.8) is 0 Å². The fourth-order valence-electron chi connectivity index (χ4n) is 2.37. The number of hydrogen-bond acceptors (Lipinski definition) is 5. The Morgan fingerprint density at radius 3 is 2.67 bits per heavy atom. The summed E-state index contributed by atoms with van der Waals surface area (Å²) in [5.74, 6) is 0. The lowest BCUT2D eigenvalue weighted by Gasteiger charge is -2.36. The summed E-state index contributed by atoms with van der Waals surface area (Å²) in [7, 11) is 3.90. The highest BCUT2D eigenvalue weighted by Gasteiger charge is 2.45. The molecule has 0 radical (unpaired) electrons. The number of rotatable bonds is 4. The number of ether oxygens (including phenoxy) is 3. The SMILES string of the molecule is CO[C@@H]1CN(C)CCC1NC1OC1OC(C)(C)C. The predicted octanol–water partition coefficient (Wildman–Crippen LogP) is 0.793. The van der Waals surface area contributed by atoms with Gasteiger partial charge in [-0.3, -0.25) is 5.32 Å². The molecule has 0 aromatic carbocycles. The summed E-state index contributed by atoms with van der Waals surface area (Å²) in [6.07, 6.45) is 1.22. The molecule has 0 amide bonds. The van der Waals surface area contributed by atoms with Gasteiger partial charge in [-0.25, -0.2) is 0 Å². The fraction of sp³-hybridized carbons (Fsp3) is 1.00. The van der Waals surface area contributed by atoms with E-state index in [1.165, 1.54) is 0 Å². The Kier molecular flexibility index (Phi) is 4.29. The van der Waals surface area contributed by atoms with E-state index < -0.39 is 0 Å². The van der Waals surface area contributed by atoms with Crippen LogP contribution in [0, 0.1) is 0 Å². The van der Waals surface area contributed by atoms with Crippen molar-refractivity contribution < 1.29 is 14.2 Å². The van der Waals surface area contributed by atoms with Crippen LogP contribution in [0.4, 0.5) is 0 Å². The maximum absolute atomic E-state index is 5.76. The van der Waals surface area contributed by atoms with Gasteiger partial charge in [0.25, 0.3) is 0 Å². The molecular formula is C13H26N2O3. The second kappa shape index (κ2) is 5.43. The molecule has 3 unspecified atom stereocenters. The molecule has 0 aliphatic carbocycles. The van der Waals surface area contributed by atoms with Gasteiger partial charge in [-0.2, -0.15) is 0 Å². The first-order valence-electron chi connectivity index (χ1n) is 6.70. The van der Waals surface area contributed by atoms with E-state index in [1.54, 1.807) is 7.11 Å². The van der Waals surface area contributed by atoms with Crippen molar-refractivity contribution in [3.8, 4) is 0 Å². The van der Waals surface area contributed by atoms with Crippen LogP contribution in [0.2, 0.25) is 0 Å². The molecule has 0 aromatic heterocycles. The Hall–Kier alpha value is -0.200. The Labute approximate surface area is 110 Å². The summed E-state index contributed by atoms with van der Waals surface area (Å²) in [5, 5.41) is 3.49. The summed E-state index contributed by atoms with van der Waals surface area (Å²) in [6, 6.07) is 0.352. The molecule has 2 aliphatic heterocycles. The number of hydrogen-bond donors (Lipinski definition) is 1. The third kappa shape index (κ3) is 3.90. The topological polar surface area (TPSA) is 46.3 Å². The minimum absolute atomic E-state index is 0.0234. The second-order valence-corrected chi connectivity index (χ2v) is 6.25. The zero-order valence-corrected chi connectivity index (χ0v) is 12.1. The number of nitrogens with zero attached hydrogens (tertiary/aromatic N) is 1. The number of epoxide rings is 1. The zero-order chi connectivity index (χ0) is 13.3. The summed E-state index contributed by atoms with van der Waals surface area (Å²) in [4.78, 5) is 2.29. The largest absolute Gasteiger partial charge is 0.378 e. The molecular weight excluding hydrogens is 232 g/mol. The Morgan fingerprint density at radius 1 is 1.33 bits per heavy atom. The maximum atomic E-state index is 5.76. The molecule has 2 heterocycles. The lowest BCUT2D eigenvalue weighted by Crippen LogP contribution is -2.53. The molecule has 5 nitrogen and oxygen atoms in total. The van der Waals surface area contributed by atoms with Crippen molar-refractivity contribution in [1.82, 2.24) is 10.2 Å². The zero-order valence-electron chi connectivity index (χ0n) is 12.1. The molecule has 4 atom stereocenters. The van der Waals surface area contributed by atoms with E-state index in [-0.39, 0.29) is 24.2 Å². The molecule has 106 valence electrons. The molecule has 2 saturated heterocycles. The van der Waals surface area contributed by atoms with Gasteiger partial charge in [0, 0.05) is 19.7 Å². The van der Waals surface area contributed by atoms with Crippen molar-refractivity contribution >= 4 is 0 Å². The smallest absolute Gasteiger partial charge is 0.200 e. The monoisotopic (exact) mass is 258 g/mol. The van der Waals surface area contributed by atoms with Crippen LogP contribution in [0.1, 0.15) is 27.2 Å². The standard InChI is InChI=1S/C13H26N2O3/c1-13(2,3)18-12-11(17-12)14-9-6-7-15(4)8-10(9)16-5/h9-12,14H,6-8H2,1-5H3/t9?,10-,11?,12?/m1/s1. The van der Waals surface area contributed by atoms with Gasteiger partial charge in [0.05, 0.1) is 11.7 Å². The van der Waals surface area contributed by atoms with E-state index in [2.05, 4.69) is 17.3 Å². The van der Waals surface area contributed by atoms with E-state index in [1.807, 2.05) is 20.8 Å². The quantitative estimate of drug-likeness (QED) is 0.756. The first kappa shape index (κ1) is 14.2. The minimum Gasteiger partial charge on any atom is -0.378 e. The molecule has 18 heavy (non-hydrogen) atoms. The molecule has 2 aliphatic rings. The van der Waals surface area contributed by atoms with Crippen LogP contribution in [-0.2, 0) is 14.2 Å². The lowest BCUT2D eigenvalue weighted by atomic mass is 10.0. The molecule has 0 spiro atoms. The van der Waals surface area contributed by atoms with Gasteiger partial charge in [-0.05, 0) is 40.8 Å². The summed E-state index contributed by atoms with van der Waals surface area (Å²) in [6.45, 7) is 8.18. The lowest BCUT2D eigenvalue weighted by molar-refractivity contribution is -0.0573. The molecule has 1 N–H and O–H groups in total. The van der Waals surface area contributed by atoms with E-state index in [9.17, 15) is 0 Å². The van der Waals surface area contributed by atoms with Crippen molar-refractivity contribution in [2.45, 2.75) is 57.5 Å². The maximum Gasteiger partial charge on any atom is 0.200 e. The normalized spacial score (nSPS) is 37.8. The molecule has 2 fully saturated rings. The van der Waals surface area contributed by atoms with Crippen LogP contribution < -0.4 is 5.32 Å². The van der Waals surface area contributed by atoms with E-state index >= 15 is 0 Å². The minimum atomic E-state index is -0.158. The van der Waals surface area contributed by atoms with Crippen molar-refractivity contribution in [2.24, 2.45) is 0 Å². The van der Waals surface area contributed by atoms with Gasteiger partial charge in [0.15, 0.2) is 12.5 Å². The van der Waals surface area contributed by atoms with Crippen molar-refractivity contribution in [1.29, 1.82) is 0 Å². The average Bonchev–Trinajstić information content (AvgIpc) is 2.96. The number of methoxy groups -OCH3 is 1. The first-order chi connectivity index (χ1) is 8.39. The highest BCUT2D eigenvalue weighted by molar-refractivity contribution is 4.89. The average molecular weight is 258 g/mol. The van der Waals surface area contributed by atoms with Crippen LogP contribution >= 0.6 is 0 Å². The fourth-order valence-corrected chi connectivity index (χ4v) is 2.37. The summed E-state index contributed by atoms with van der Waals surface area (Å²) in [5.41, 5.74) is -0.158. The van der Waals surface area contributed by atoms with Gasteiger partial charge in [0.1, 0.15) is 0 Å². The van der Waals surface area contributed by atoms with Gasteiger partial charge >= 0.3 is 0 Å². The van der Waals surface area contributed by atoms with Gasteiger partial charge in [-0.15, -0.1) is 0 Å². The van der Waals surface area contributed by atoms with Crippen LogP contribution in [0.3, 0.4) is 0 Å². The molecule has 2 rings (SSSR count). The molecule has 0 saturated carbocycles. The van der Waals surface area contributed by atoms with Gasteiger partial charge < -0.3 is 19.1 Å². The van der Waals surface area contributed by atoms with Gasteiger partial charge in [0.2, 0.25) is 0 Å². The Balaban J connectivity index is 1.77. The third-order valence-electron chi connectivity index (χ3n) is 3.36. The Bertz CT molecular complexity index is 280. The predicted molar refractivity (Wildman–Crippen MR) is 69.3 cm³/mol. The number of likely N-dealkylation sites (N-methyl/N-ethyl adjacent to an activating group) is 1. The summed E-state index contributed by atoms with van der Waals surface area (Å²) < 4.78 is 16.8. The number of nitrogens with one attached hydrogen (secondary N) is 1. The van der Waals surface area contributed by atoms with Crippen LogP contribution in [0.15, 0.2) is 0 Å². The Morgan fingerprint density at radius 2 is 2.06 bits per heavy atom. The van der Waals surface area contributed by atoms with Gasteiger partial charge in [-0.1, -0.05) is 0 Å². The van der Waals surface area contributed by atoms with E-state index in [4.69, 9.17) is 14.2 Å². The molecule has 0 aromatic rings. The highest BCUT2D eigenvalue weighted by atomic mass is 16.8. The first-order valence-corrected chi connectivity index (χ1v) is 6.70.